The molecule has 1 amide bonds. The van der Waals surface area contributed by atoms with Gasteiger partial charge in [0.15, 0.2) is 6.10 Å². The number of hydrogen-bond acceptors (Lipinski definition) is 4. The monoisotopic (exact) mass is 281 g/mol. The molecule has 1 N–H and O–H groups in total. The first-order valence-corrected chi connectivity index (χ1v) is 6.63. The third-order valence-electron chi connectivity index (χ3n) is 3.47. The Morgan fingerprint density at radius 2 is 2.30 bits per heavy atom. The third-order valence-corrected chi connectivity index (χ3v) is 3.47. The number of rotatable bonds is 4. The number of nitrogens with zero attached hydrogens (tertiary/aromatic N) is 3. The summed E-state index contributed by atoms with van der Waals surface area (Å²) in [6.45, 7) is 6.01. The number of aliphatic carboxylic acids is 1. The van der Waals surface area contributed by atoms with Gasteiger partial charge >= 0.3 is 5.97 Å². The highest BCUT2D eigenvalue weighted by molar-refractivity contribution is 5.82. The van der Waals surface area contributed by atoms with Crippen LogP contribution in [0.1, 0.15) is 38.5 Å². The summed E-state index contributed by atoms with van der Waals surface area (Å²) in [5.41, 5.74) is 0.683. The average molecular weight is 281 g/mol. The molecular weight excluding hydrogens is 262 g/mol. The molecule has 7 heteroatoms. The molecule has 7 nitrogen and oxygen atoms in total. The molecule has 0 saturated carbocycles. The Morgan fingerprint density at radius 1 is 1.60 bits per heavy atom. The number of ether oxygens (including phenoxy) is 1. The summed E-state index contributed by atoms with van der Waals surface area (Å²) >= 11 is 0. The first-order valence-electron chi connectivity index (χ1n) is 6.63. The van der Waals surface area contributed by atoms with Crippen LogP contribution in [0.2, 0.25) is 0 Å². The molecule has 1 aliphatic rings. The van der Waals surface area contributed by atoms with Crippen molar-refractivity contribution in [2.75, 3.05) is 13.2 Å². The van der Waals surface area contributed by atoms with Crippen molar-refractivity contribution in [1.29, 1.82) is 0 Å². The van der Waals surface area contributed by atoms with Crippen molar-refractivity contribution in [1.82, 2.24) is 14.5 Å². The molecule has 1 aromatic rings. The van der Waals surface area contributed by atoms with Crippen molar-refractivity contribution in [3.05, 3.63) is 18.2 Å². The molecule has 1 saturated heterocycles. The highest BCUT2D eigenvalue weighted by atomic mass is 16.5. The Hall–Kier alpha value is -1.89. The number of carbonyl (C=O) groups is 2. The summed E-state index contributed by atoms with van der Waals surface area (Å²) in [5.74, 6) is -1.27. The zero-order valence-electron chi connectivity index (χ0n) is 11.8. The van der Waals surface area contributed by atoms with Gasteiger partial charge in [-0.15, -0.1) is 0 Å². The number of morpholine rings is 1. The fourth-order valence-electron chi connectivity index (χ4n) is 2.52. The van der Waals surface area contributed by atoms with E-state index in [1.807, 2.05) is 25.3 Å². The number of likely N-dealkylation sites (N-methyl/N-ethyl adjacent to an activating group) is 1. The van der Waals surface area contributed by atoms with Crippen LogP contribution in [0.15, 0.2) is 12.5 Å². The van der Waals surface area contributed by atoms with Crippen LogP contribution in [0.25, 0.3) is 0 Å². The lowest BCUT2D eigenvalue weighted by molar-refractivity contribution is -0.173. The lowest BCUT2D eigenvalue weighted by Crippen LogP contribution is -2.52. The fraction of sp³-hybridized carbons (Fsp3) is 0.615. The smallest absolute Gasteiger partial charge is 0.335 e. The molecule has 0 aliphatic carbocycles. The summed E-state index contributed by atoms with van der Waals surface area (Å²) in [7, 11) is 0. The van der Waals surface area contributed by atoms with Crippen LogP contribution >= 0.6 is 0 Å². The van der Waals surface area contributed by atoms with Crippen LogP contribution in [-0.2, 0) is 14.3 Å². The molecule has 1 fully saturated rings. The van der Waals surface area contributed by atoms with E-state index in [0.29, 0.717) is 12.2 Å². The SMILES string of the molecule is CCN1C(=O)COC(C(=O)O)C1c1cncn1C(C)C. The molecule has 0 radical (unpaired) electrons. The minimum atomic E-state index is -1.07. The van der Waals surface area contributed by atoms with Crippen LogP contribution < -0.4 is 0 Å². The Bertz CT molecular complexity index is 509. The van der Waals surface area contributed by atoms with Crippen molar-refractivity contribution in [2.24, 2.45) is 0 Å². The minimum absolute atomic E-state index is 0.123. The number of hydrogen-bond donors (Lipinski definition) is 1. The Kier molecular flexibility index (Phi) is 4.08. The highest BCUT2D eigenvalue weighted by Gasteiger charge is 2.42. The normalized spacial score (nSPS) is 23.4. The van der Waals surface area contributed by atoms with Gasteiger partial charge in [-0.1, -0.05) is 0 Å². The van der Waals surface area contributed by atoms with Crippen molar-refractivity contribution in [2.45, 2.75) is 39.0 Å². The Morgan fingerprint density at radius 3 is 2.85 bits per heavy atom. The topological polar surface area (TPSA) is 84.7 Å². The van der Waals surface area contributed by atoms with E-state index in [2.05, 4.69) is 4.98 Å². The maximum absolute atomic E-state index is 12.0. The van der Waals surface area contributed by atoms with Crippen LogP contribution in [0.4, 0.5) is 0 Å². The third kappa shape index (κ3) is 2.40. The van der Waals surface area contributed by atoms with Gasteiger partial charge in [-0.2, -0.15) is 0 Å². The van der Waals surface area contributed by atoms with Gasteiger partial charge < -0.3 is 19.3 Å². The van der Waals surface area contributed by atoms with Gasteiger partial charge in [0.2, 0.25) is 5.91 Å². The van der Waals surface area contributed by atoms with E-state index < -0.39 is 18.1 Å². The van der Waals surface area contributed by atoms with Crippen molar-refractivity contribution < 1.29 is 19.4 Å². The largest absolute Gasteiger partial charge is 0.479 e. The minimum Gasteiger partial charge on any atom is -0.479 e. The van der Waals surface area contributed by atoms with Crippen LogP contribution in [0.3, 0.4) is 0 Å². The van der Waals surface area contributed by atoms with Gasteiger partial charge in [0, 0.05) is 12.6 Å². The standard InChI is InChI=1S/C13H19N3O4/c1-4-15-10(17)6-20-12(13(18)19)11(15)9-5-14-7-16(9)8(2)3/h5,7-8,11-12H,4,6H2,1-3H3,(H,18,19). The van der Waals surface area contributed by atoms with Crippen molar-refractivity contribution in [3.8, 4) is 0 Å². The van der Waals surface area contributed by atoms with E-state index in [-0.39, 0.29) is 18.6 Å². The molecule has 110 valence electrons. The molecule has 1 aromatic heterocycles. The van der Waals surface area contributed by atoms with Gasteiger partial charge in [-0.3, -0.25) is 4.79 Å². The predicted molar refractivity (Wildman–Crippen MR) is 70.1 cm³/mol. The average Bonchev–Trinajstić information content (AvgIpc) is 2.86. The molecule has 0 spiro atoms. The second-order valence-electron chi connectivity index (χ2n) is 5.01. The maximum atomic E-state index is 12.0. The van der Waals surface area contributed by atoms with Crippen molar-refractivity contribution >= 4 is 11.9 Å². The quantitative estimate of drug-likeness (QED) is 0.884. The highest BCUT2D eigenvalue weighted by Crippen LogP contribution is 2.31. The second kappa shape index (κ2) is 5.62. The van der Waals surface area contributed by atoms with E-state index in [1.54, 1.807) is 12.5 Å². The fourth-order valence-corrected chi connectivity index (χ4v) is 2.52. The van der Waals surface area contributed by atoms with E-state index >= 15 is 0 Å². The zero-order chi connectivity index (χ0) is 14.9. The van der Waals surface area contributed by atoms with E-state index in [1.165, 1.54) is 4.90 Å². The number of carboxylic acid groups (broad SMARTS) is 1. The van der Waals surface area contributed by atoms with Crippen LogP contribution in [-0.4, -0.2) is 50.7 Å². The zero-order valence-corrected chi connectivity index (χ0v) is 11.8. The van der Waals surface area contributed by atoms with E-state index in [9.17, 15) is 14.7 Å². The lowest BCUT2D eigenvalue weighted by Gasteiger charge is -2.39. The van der Waals surface area contributed by atoms with Crippen LogP contribution in [0.5, 0.6) is 0 Å². The predicted octanol–water partition coefficient (Wildman–Crippen LogP) is 0.837. The molecule has 0 aromatic carbocycles. The lowest BCUT2D eigenvalue weighted by atomic mass is 10.0. The first-order chi connectivity index (χ1) is 9.47. The number of imidazole rings is 1. The van der Waals surface area contributed by atoms with E-state index in [0.717, 1.165) is 0 Å². The molecule has 0 bridgehead atoms. The van der Waals surface area contributed by atoms with E-state index in [4.69, 9.17) is 4.74 Å². The summed E-state index contributed by atoms with van der Waals surface area (Å²) in [5, 5.41) is 9.34. The molecule has 20 heavy (non-hydrogen) atoms. The Labute approximate surface area is 117 Å². The van der Waals surface area contributed by atoms with Gasteiger partial charge in [-0.05, 0) is 20.8 Å². The molecule has 2 rings (SSSR count). The second-order valence-corrected chi connectivity index (χ2v) is 5.01. The molecular formula is C13H19N3O4. The van der Waals surface area contributed by atoms with Gasteiger partial charge in [0.1, 0.15) is 12.6 Å². The first kappa shape index (κ1) is 14.5. The van der Waals surface area contributed by atoms with Gasteiger partial charge in [-0.25, -0.2) is 9.78 Å². The summed E-state index contributed by atoms with van der Waals surface area (Å²) in [6, 6.07) is -0.527. The summed E-state index contributed by atoms with van der Waals surface area (Å²) < 4.78 is 7.09. The molecule has 2 heterocycles. The van der Waals surface area contributed by atoms with Gasteiger partial charge in [0.25, 0.3) is 0 Å². The molecule has 1 aliphatic heterocycles. The molecule has 2 unspecified atom stereocenters. The number of carboxylic acids is 1. The number of carbonyl (C=O) groups excluding carboxylic acids is 1. The molecule has 2 atom stereocenters. The Balaban J connectivity index is 2.47. The van der Waals surface area contributed by atoms with Gasteiger partial charge in [0.05, 0.1) is 18.2 Å². The summed E-state index contributed by atoms with van der Waals surface area (Å²) in [6.07, 6.45) is 2.18. The number of amides is 1. The van der Waals surface area contributed by atoms with Crippen LogP contribution in [0, 0.1) is 0 Å². The maximum Gasteiger partial charge on any atom is 0.335 e. The van der Waals surface area contributed by atoms with Crippen molar-refractivity contribution in [3.63, 3.8) is 0 Å². The number of aromatic nitrogens is 2. The summed E-state index contributed by atoms with van der Waals surface area (Å²) in [4.78, 5) is 29.0.